The number of anilines is 1. The van der Waals surface area contributed by atoms with Gasteiger partial charge < -0.3 is 9.80 Å². The summed E-state index contributed by atoms with van der Waals surface area (Å²) >= 11 is 0. The highest BCUT2D eigenvalue weighted by Gasteiger charge is 2.37. The SMILES string of the molecule is C=C(C1CCN(C2CCCCC2)C1)N1CCC(c2ccc(C(F)(F)F)cc2N2CCC(C)CC2)C1. The van der Waals surface area contributed by atoms with Crippen LogP contribution in [0.5, 0.6) is 0 Å². The molecule has 0 aromatic heterocycles. The molecule has 2 atom stereocenters. The van der Waals surface area contributed by atoms with E-state index in [4.69, 9.17) is 0 Å². The molecule has 1 saturated carbocycles. The van der Waals surface area contributed by atoms with Crippen molar-refractivity contribution >= 4 is 5.69 Å². The van der Waals surface area contributed by atoms with E-state index in [1.807, 2.05) is 0 Å². The fourth-order valence-electron chi connectivity index (χ4n) is 6.96. The molecule has 6 heteroatoms. The third kappa shape index (κ3) is 5.52. The molecule has 0 radical (unpaired) electrons. The van der Waals surface area contributed by atoms with E-state index >= 15 is 0 Å². The number of likely N-dealkylation sites (tertiary alicyclic amines) is 2. The van der Waals surface area contributed by atoms with Crippen LogP contribution in [0.4, 0.5) is 18.9 Å². The molecular weight excluding hydrogens is 447 g/mol. The zero-order valence-corrected chi connectivity index (χ0v) is 21.3. The van der Waals surface area contributed by atoms with Crippen molar-refractivity contribution in [3.8, 4) is 0 Å². The molecule has 35 heavy (non-hydrogen) atoms. The molecule has 3 nitrogen and oxygen atoms in total. The Hall–Kier alpha value is -1.69. The van der Waals surface area contributed by atoms with Gasteiger partial charge in [0.05, 0.1) is 5.56 Å². The summed E-state index contributed by atoms with van der Waals surface area (Å²) in [5, 5.41) is 0. The van der Waals surface area contributed by atoms with Gasteiger partial charge in [0.2, 0.25) is 0 Å². The summed E-state index contributed by atoms with van der Waals surface area (Å²) in [5.74, 6) is 1.43. The van der Waals surface area contributed by atoms with Gasteiger partial charge in [0.15, 0.2) is 0 Å². The van der Waals surface area contributed by atoms with Crippen LogP contribution in [0.25, 0.3) is 0 Å². The van der Waals surface area contributed by atoms with E-state index in [-0.39, 0.29) is 5.92 Å². The summed E-state index contributed by atoms with van der Waals surface area (Å²) in [6.45, 7) is 12.6. The zero-order chi connectivity index (χ0) is 24.6. The Morgan fingerprint density at radius 1 is 0.886 bits per heavy atom. The molecule has 4 aliphatic rings. The van der Waals surface area contributed by atoms with Crippen molar-refractivity contribution in [2.45, 2.75) is 82.8 Å². The second-order valence-corrected chi connectivity index (χ2v) is 11.6. The number of hydrogen-bond donors (Lipinski definition) is 0. The molecule has 4 fully saturated rings. The van der Waals surface area contributed by atoms with E-state index in [9.17, 15) is 13.2 Å². The number of benzene rings is 1. The van der Waals surface area contributed by atoms with Crippen molar-refractivity contribution in [2.75, 3.05) is 44.2 Å². The van der Waals surface area contributed by atoms with Crippen molar-refractivity contribution in [3.05, 3.63) is 41.6 Å². The Kier molecular flexibility index (Phi) is 7.39. The Balaban J connectivity index is 1.27. The predicted molar refractivity (Wildman–Crippen MR) is 137 cm³/mol. The van der Waals surface area contributed by atoms with Crippen LogP contribution in [0.15, 0.2) is 30.5 Å². The van der Waals surface area contributed by atoms with Crippen molar-refractivity contribution in [2.24, 2.45) is 11.8 Å². The molecule has 0 bridgehead atoms. The maximum atomic E-state index is 13.6. The number of halogens is 3. The van der Waals surface area contributed by atoms with Crippen LogP contribution < -0.4 is 4.90 Å². The Morgan fingerprint density at radius 3 is 2.34 bits per heavy atom. The summed E-state index contributed by atoms with van der Waals surface area (Å²) in [7, 11) is 0. The Morgan fingerprint density at radius 2 is 1.63 bits per heavy atom. The first-order valence-electron chi connectivity index (χ1n) is 13.9. The smallest absolute Gasteiger partial charge is 0.374 e. The van der Waals surface area contributed by atoms with Gasteiger partial charge in [0.25, 0.3) is 0 Å². The quantitative estimate of drug-likeness (QED) is 0.445. The monoisotopic (exact) mass is 489 g/mol. The molecule has 1 aromatic rings. The van der Waals surface area contributed by atoms with Gasteiger partial charge in [0.1, 0.15) is 0 Å². The standard InChI is InChI=1S/C29H42F3N3/c1-21-10-14-33(15-11-21)28-18-25(29(30,31)32)8-9-27(28)24-13-16-34(20-24)22(2)23-12-17-35(19-23)26-6-4-3-5-7-26/h8-9,18,21,23-24,26H,2-7,10-17,19-20H2,1H3. The minimum Gasteiger partial charge on any atom is -0.374 e. The second-order valence-electron chi connectivity index (χ2n) is 11.6. The van der Waals surface area contributed by atoms with E-state index in [0.29, 0.717) is 11.8 Å². The van der Waals surface area contributed by atoms with Crippen molar-refractivity contribution in [3.63, 3.8) is 0 Å². The van der Waals surface area contributed by atoms with Crippen LogP contribution in [-0.2, 0) is 6.18 Å². The van der Waals surface area contributed by atoms with Crippen LogP contribution >= 0.6 is 0 Å². The van der Waals surface area contributed by atoms with E-state index in [2.05, 4.69) is 28.2 Å². The first kappa shape index (κ1) is 25.0. The number of nitrogens with zero attached hydrogens (tertiary/aromatic N) is 3. The number of alkyl halides is 3. The minimum atomic E-state index is -4.31. The Bertz CT molecular complexity index is 884. The predicted octanol–water partition coefficient (Wildman–Crippen LogP) is 6.90. The normalized spacial score (nSPS) is 27.7. The number of piperidine rings is 1. The summed E-state index contributed by atoms with van der Waals surface area (Å²) in [6, 6.07) is 5.24. The molecule has 3 heterocycles. The molecule has 1 aromatic carbocycles. The number of hydrogen-bond acceptors (Lipinski definition) is 3. The van der Waals surface area contributed by atoms with Gasteiger partial charge >= 0.3 is 6.18 Å². The molecule has 0 spiro atoms. The van der Waals surface area contributed by atoms with Gasteiger partial charge in [-0.15, -0.1) is 0 Å². The maximum Gasteiger partial charge on any atom is 0.416 e. The van der Waals surface area contributed by atoms with Gasteiger partial charge in [-0.05, 0) is 68.7 Å². The molecule has 0 amide bonds. The van der Waals surface area contributed by atoms with Crippen LogP contribution in [0, 0.1) is 11.8 Å². The topological polar surface area (TPSA) is 9.72 Å². The highest BCUT2D eigenvalue weighted by molar-refractivity contribution is 5.58. The lowest BCUT2D eigenvalue weighted by molar-refractivity contribution is -0.137. The highest BCUT2D eigenvalue weighted by Crippen LogP contribution is 2.41. The highest BCUT2D eigenvalue weighted by atomic mass is 19.4. The largest absolute Gasteiger partial charge is 0.416 e. The Labute approximate surface area is 209 Å². The van der Waals surface area contributed by atoms with Gasteiger partial charge in [-0.25, -0.2) is 0 Å². The lowest BCUT2D eigenvalue weighted by Crippen LogP contribution is -2.35. The maximum absolute atomic E-state index is 13.6. The molecule has 194 valence electrons. The van der Waals surface area contributed by atoms with Crippen molar-refractivity contribution in [1.29, 1.82) is 0 Å². The zero-order valence-electron chi connectivity index (χ0n) is 21.3. The van der Waals surface area contributed by atoms with Crippen LogP contribution in [0.3, 0.4) is 0 Å². The summed E-state index contributed by atoms with van der Waals surface area (Å²) in [4.78, 5) is 7.36. The van der Waals surface area contributed by atoms with Crippen molar-refractivity contribution in [1.82, 2.24) is 9.80 Å². The fraction of sp³-hybridized carbons (Fsp3) is 0.724. The minimum absolute atomic E-state index is 0.263. The molecule has 0 N–H and O–H groups in total. The van der Waals surface area contributed by atoms with E-state index < -0.39 is 11.7 Å². The first-order valence-corrected chi connectivity index (χ1v) is 13.9. The fourth-order valence-corrected chi connectivity index (χ4v) is 6.96. The first-order chi connectivity index (χ1) is 16.8. The van der Waals surface area contributed by atoms with Crippen molar-refractivity contribution < 1.29 is 13.2 Å². The molecular formula is C29H42F3N3. The molecule has 5 rings (SSSR count). The third-order valence-electron chi connectivity index (χ3n) is 9.30. The van der Waals surface area contributed by atoms with E-state index in [1.165, 1.54) is 62.9 Å². The summed E-state index contributed by atoms with van der Waals surface area (Å²) < 4.78 is 40.7. The summed E-state index contributed by atoms with van der Waals surface area (Å²) in [6.07, 6.45) is 6.77. The van der Waals surface area contributed by atoms with E-state index in [1.54, 1.807) is 6.07 Å². The van der Waals surface area contributed by atoms with Gasteiger partial charge in [-0.3, -0.25) is 4.90 Å². The molecule has 3 aliphatic heterocycles. The van der Waals surface area contributed by atoms with Gasteiger partial charge in [-0.1, -0.05) is 38.8 Å². The van der Waals surface area contributed by atoms with E-state index in [0.717, 1.165) is 69.3 Å². The average molecular weight is 490 g/mol. The van der Waals surface area contributed by atoms with Crippen LogP contribution in [0.2, 0.25) is 0 Å². The van der Waals surface area contributed by atoms with Crippen LogP contribution in [-0.4, -0.2) is 55.1 Å². The lowest BCUT2D eigenvalue weighted by atomic mass is 9.92. The lowest BCUT2D eigenvalue weighted by Gasteiger charge is -2.35. The molecule has 3 saturated heterocycles. The van der Waals surface area contributed by atoms with Gasteiger partial charge in [-0.2, -0.15) is 13.2 Å². The average Bonchev–Trinajstić information content (AvgIpc) is 3.54. The third-order valence-corrected chi connectivity index (χ3v) is 9.30. The second kappa shape index (κ2) is 10.4. The molecule has 2 unspecified atom stereocenters. The molecule has 1 aliphatic carbocycles. The van der Waals surface area contributed by atoms with Crippen LogP contribution in [0.1, 0.15) is 81.8 Å². The number of rotatable bonds is 5. The summed E-state index contributed by atoms with van der Waals surface area (Å²) in [5.41, 5.74) is 2.64. The van der Waals surface area contributed by atoms with Gasteiger partial charge in [0, 0.05) is 62.0 Å².